The maximum atomic E-state index is 14.0. The lowest BCUT2D eigenvalue weighted by molar-refractivity contribution is -0.928. The van der Waals surface area contributed by atoms with Crippen molar-refractivity contribution in [1.82, 2.24) is 10.2 Å². The zero-order chi connectivity index (χ0) is 31.1. The van der Waals surface area contributed by atoms with Crippen LogP contribution in [0.25, 0.3) is 0 Å². The van der Waals surface area contributed by atoms with Crippen LogP contribution in [0.5, 0.6) is 5.75 Å². The quantitative estimate of drug-likeness (QED) is 0.244. The molecule has 1 aliphatic rings. The Labute approximate surface area is 258 Å². The number of primary amides is 1. The molecule has 228 valence electrons. The Morgan fingerprint density at radius 3 is 2.37 bits per heavy atom. The summed E-state index contributed by atoms with van der Waals surface area (Å²) in [6.45, 7) is 6.04. The molecule has 4 rings (SSSR count). The van der Waals surface area contributed by atoms with Crippen LogP contribution < -0.4 is 16.4 Å². The average Bonchev–Trinajstić information content (AvgIpc) is 2.93. The molecule has 4 amide bonds. The van der Waals surface area contributed by atoms with Gasteiger partial charge in [-0.1, -0.05) is 35.9 Å². The van der Waals surface area contributed by atoms with Gasteiger partial charge >= 0.3 is 6.03 Å². The number of hydrogen-bond donors (Lipinski definition) is 4. The Morgan fingerprint density at radius 2 is 1.74 bits per heavy atom. The number of piperidine rings is 1. The number of rotatable bonds is 10. The van der Waals surface area contributed by atoms with E-state index in [1.165, 1.54) is 0 Å². The van der Waals surface area contributed by atoms with Crippen LogP contribution in [0, 0.1) is 0 Å². The van der Waals surface area contributed by atoms with Gasteiger partial charge in [0.15, 0.2) is 0 Å². The van der Waals surface area contributed by atoms with Gasteiger partial charge < -0.3 is 30.9 Å². The van der Waals surface area contributed by atoms with Crippen molar-refractivity contribution in [3.63, 3.8) is 0 Å². The number of phenols is 1. The molecule has 9 nitrogen and oxygen atoms in total. The molecule has 5 N–H and O–H groups in total. The molecule has 1 heterocycles. The second kappa shape index (κ2) is 13.9. The van der Waals surface area contributed by atoms with E-state index in [4.69, 9.17) is 17.3 Å². The largest absolute Gasteiger partial charge is 0.508 e. The number of nitrogens with zero attached hydrogens (tertiary/aromatic N) is 2. The number of likely N-dealkylation sites (N-methyl/N-ethyl adjacent to an activating group) is 1. The highest BCUT2D eigenvalue weighted by Crippen LogP contribution is 2.28. The summed E-state index contributed by atoms with van der Waals surface area (Å²) in [5.74, 6) is -0.699. The van der Waals surface area contributed by atoms with Crippen molar-refractivity contribution in [3.05, 3.63) is 94.5 Å². The number of aromatic hydroxyl groups is 1. The van der Waals surface area contributed by atoms with E-state index < -0.39 is 18.0 Å². The summed E-state index contributed by atoms with van der Waals surface area (Å²) >= 11 is 6.26. The van der Waals surface area contributed by atoms with Gasteiger partial charge in [0.05, 0.1) is 26.2 Å². The Bertz CT molecular complexity index is 1430. The van der Waals surface area contributed by atoms with Gasteiger partial charge in [-0.3, -0.25) is 9.59 Å². The average molecular weight is 607 g/mol. The molecule has 3 aromatic carbocycles. The highest BCUT2D eigenvalue weighted by Gasteiger charge is 2.41. The highest BCUT2D eigenvalue weighted by atomic mass is 35.5. The van der Waals surface area contributed by atoms with Gasteiger partial charge in [-0.15, -0.1) is 0 Å². The smallest absolute Gasteiger partial charge is 0.323 e. The third-order valence-corrected chi connectivity index (χ3v) is 8.05. The molecule has 0 bridgehead atoms. The van der Waals surface area contributed by atoms with Gasteiger partial charge in [0.25, 0.3) is 5.91 Å². The van der Waals surface area contributed by atoms with Crippen LogP contribution in [0.15, 0.2) is 72.8 Å². The number of hydrogen-bond acceptors (Lipinski definition) is 4. The van der Waals surface area contributed by atoms with Crippen molar-refractivity contribution in [2.24, 2.45) is 5.73 Å². The van der Waals surface area contributed by atoms with E-state index in [2.05, 4.69) is 17.7 Å². The molecular weight excluding hydrogens is 566 g/mol. The number of halogens is 1. The number of anilines is 1. The number of urea groups is 1. The fraction of sp³-hybridized carbons (Fsp3) is 0.364. The molecule has 10 heteroatoms. The summed E-state index contributed by atoms with van der Waals surface area (Å²) in [5.41, 5.74) is 8.83. The topological polar surface area (TPSA) is 125 Å². The summed E-state index contributed by atoms with van der Waals surface area (Å²) in [5, 5.41) is 16.2. The predicted octanol–water partition coefficient (Wildman–Crippen LogP) is 4.92. The first-order valence-electron chi connectivity index (χ1n) is 14.6. The SMILES string of the molecule is CC(C)NC(=O)c1ccc(NC(=O)N([C@@H]2CCC[N+](C)(Cc3cccc(Cl)c3)C2)[C@@H](Cc2ccc(O)cc2)C(N)=O)cc1. The van der Waals surface area contributed by atoms with Crippen molar-refractivity contribution < 1.29 is 24.0 Å². The number of quaternary nitrogens is 1. The first kappa shape index (κ1) is 31.8. The molecular formula is C33H41ClN5O4+. The molecule has 0 saturated carbocycles. The van der Waals surface area contributed by atoms with E-state index >= 15 is 0 Å². The molecule has 0 spiro atoms. The van der Waals surface area contributed by atoms with E-state index in [0.717, 1.165) is 30.6 Å². The Balaban J connectivity index is 1.62. The van der Waals surface area contributed by atoms with E-state index in [1.807, 2.05) is 38.1 Å². The molecule has 0 radical (unpaired) electrons. The van der Waals surface area contributed by atoms with Crippen LogP contribution >= 0.6 is 11.6 Å². The first-order chi connectivity index (χ1) is 20.4. The van der Waals surface area contributed by atoms with Crippen LogP contribution in [0.4, 0.5) is 10.5 Å². The van der Waals surface area contributed by atoms with Crippen molar-refractivity contribution in [3.8, 4) is 5.75 Å². The Hall–Kier alpha value is -4.08. The monoisotopic (exact) mass is 606 g/mol. The minimum Gasteiger partial charge on any atom is -0.508 e. The van der Waals surface area contributed by atoms with E-state index in [1.54, 1.807) is 53.4 Å². The van der Waals surface area contributed by atoms with Gasteiger partial charge in [0.1, 0.15) is 18.3 Å². The number of nitrogens with two attached hydrogens (primary N) is 1. The summed E-state index contributed by atoms with van der Waals surface area (Å²) in [4.78, 5) is 41.0. The van der Waals surface area contributed by atoms with Crippen LogP contribution in [0.3, 0.4) is 0 Å². The fourth-order valence-corrected chi connectivity index (χ4v) is 6.05. The lowest BCUT2D eigenvalue weighted by Crippen LogP contribution is -2.62. The highest BCUT2D eigenvalue weighted by molar-refractivity contribution is 6.30. The number of amides is 4. The fourth-order valence-electron chi connectivity index (χ4n) is 5.84. The number of phenolic OH excluding ortho intramolecular Hbond substituents is 1. The van der Waals surface area contributed by atoms with Crippen molar-refractivity contribution >= 4 is 35.1 Å². The normalized spacial score (nSPS) is 19.0. The standard InChI is InChI=1S/C33H40ClN5O4/c1-22(2)36-32(42)25-11-13-27(14-12-25)37-33(43)38(30(31(35)41)19-23-9-15-29(40)16-10-23)28-8-5-17-39(3,21-28)20-24-6-4-7-26(34)18-24/h4,6-7,9-16,18,22,28,30H,5,8,17,19-21H2,1-3H3,(H4-,35,36,37,40,41,42,43)/p+1/t28-,30+,39?/m1/s1. The van der Waals surface area contributed by atoms with E-state index in [9.17, 15) is 19.5 Å². The maximum Gasteiger partial charge on any atom is 0.323 e. The second-order valence-corrected chi connectivity index (χ2v) is 12.4. The van der Waals surface area contributed by atoms with Crippen LogP contribution in [-0.4, -0.2) is 70.6 Å². The maximum absolute atomic E-state index is 14.0. The van der Waals surface area contributed by atoms with Gasteiger partial charge in [0.2, 0.25) is 5.91 Å². The third-order valence-electron chi connectivity index (χ3n) is 7.82. The van der Waals surface area contributed by atoms with Crippen molar-refractivity contribution in [1.29, 1.82) is 0 Å². The Morgan fingerprint density at radius 1 is 1.05 bits per heavy atom. The van der Waals surface area contributed by atoms with Gasteiger partial charge in [-0.05, 0) is 80.8 Å². The molecule has 1 saturated heterocycles. The van der Waals surface area contributed by atoms with Gasteiger partial charge in [-0.2, -0.15) is 0 Å². The number of carbonyl (C=O) groups excluding carboxylic acids is 3. The zero-order valence-corrected chi connectivity index (χ0v) is 25.7. The number of nitrogens with one attached hydrogen (secondary N) is 2. The molecule has 0 aromatic heterocycles. The van der Waals surface area contributed by atoms with Gasteiger partial charge in [0, 0.05) is 34.3 Å². The second-order valence-electron chi connectivity index (χ2n) is 11.9. The van der Waals surface area contributed by atoms with Crippen LogP contribution in [-0.2, 0) is 17.8 Å². The van der Waals surface area contributed by atoms with E-state index in [0.29, 0.717) is 33.7 Å². The van der Waals surface area contributed by atoms with Gasteiger partial charge in [-0.25, -0.2) is 4.79 Å². The number of carbonyl (C=O) groups is 3. The number of benzene rings is 3. The summed E-state index contributed by atoms with van der Waals surface area (Å²) < 4.78 is 0.666. The van der Waals surface area contributed by atoms with Crippen LogP contribution in [0.2, 0.25) is 5.02 Å². The lowest BCUT2D eigenvalue weighted by Gasteiger charge is -2.46. The van der Waals surface area contributed by atoms with Crippen molar-refractivity contribution in [2.75, 3.05) is 25.5 Å². The predicted molar refractivity (Wildman–Crippen MR) is 169 cm³/mol. The minimum absolute atomic E-state index is 0.00166. The van der Waals surface area contributed by atoms with E-state index in [-0.39, 0.29) is 30.2 Å². The number of likely N-dealkylation sites (tertiary alicyclic amines) is 1. The van der Waals surface area contributed by atoms with Crippen LogP contribution in [0.1, 0.15) is 48.2 Å². The molecule has 1 fully saturated rings. The molecule has 3 aromatic rings. The lowest BCUT2D eigenvalue weighted by atomic mass is 9.96. The zero-order valence-electron chi connectivity index (χ0n) is 24.9. The summed E-state index contributed by atoms with van der Waals surface area (Å²) in [6, 6.07) is 19.3. The minimum atomic E-state index is -0.927. The molecule has 3 atom stereocenters. The molecule has 1 aliphatic heterocycles. The first-order valence-corrected chi connectivity index (χ1v) is 15.0. The Kier molecular flexibility index (Phi) is 10.3. The third kappa shape index (κ3) is 8.72. The molecule has 43 heavy (non-hydrogen) atoms. The summed E-state index contributed by atoms with van der Waals surface area (Å²) in [6.07, 6.45) is 1.77. The molecule has 0 aliphatic carbocycles. The summed E-state index contributed by atoms with van der Waals surface area (Å²) in [7, 11) is 2.16. The van der Waals surface area contributed by atoms with Crippen molar-refractivity contribution in [2.45, 2.75) is 57.8 Å². The molecule has 1 unspecified atom stereocenters.